The van der Waals surface area contributed by atoms with Gasteiger partial charge in [0, 0.05) is 32.0 Å². The second-order valence-electron chi connectivity index (χ2n) is 6.60. The first-order valence-corrected chi connectivity index (χ1v) is 9.92. The summed E-state index contributed by atoms with van der Waals surface area (Å²) in [5, 5.41) is 13.9. The van der Waals surface area contributed by atoms with E-state index in [1.165, 1.54) is 0 Å². The molecule has 3 aliphatic rings. The molecule has 0 aromatic carbocycles. The Kier molecular flexibility index (Phi) is 6.07. The molecule has 7 heteroatoms. The molecule has 3 rings (SSSR count). The summed E-state index contributed by atoms with van der Waals surface area (Å²) in [5.41, 5.74) is -0.633. The summed E-state index contributed by atoms with van der Waals surface area (Å²) in [4.78, 5) is 6.98. The molecule has 0 aliphatic carbocycles. The van der Waals surface area contributed by atoms with Crippen LogP contribution in [0.2, 0.25) is 0 Å². The number of nitrogens with zero attached hydrogens (tertiary/aromatic N) is 2. The van der Waals surface area contributed by atoms with Crippen molar-refractivity contribution in [2.45, 2.75) is 44.0 Å². The SMILES string of the molecule is CCNC(=NCC1(O)CCSC1)N1CCOC(C2CCCO2)C1. The number of thioether (sulfide) groups is 1. The van der Waals surface area contributed by atoms with Gasteiger partial charge >= 0.3 is 0 Å². The molecular weight excluding hydrogens is 314 g/mol. The van der Waals surface area contributed by atoms with Crippen molar-refractivity contribution in [3.63, 3.8) is 0 Å². The summed E-state index contributed by atoms with van der Waals surface area (Å²) in [5.74, 6) is 2.71. The van der Waals surface area contributed by atoms with E-state index in [1.54, 1.807) is 0 Å². The summed E-state index contributed by atoms with van der Waals surface area (Å²) in [6, 6.07) is 0. The number of aliphatic hydroxyl groups is 1. The van der Waals surface area contributed by atoms with Crippen LogP contribution in [0, 0.1) is 0 Å². The molecule has 0 radical (unpaired) electrons. The normalized spacial score (nSPS) is 35.7. The largest absolute Gasteiger partial charge is 0.387 e. The van der Waals surface area contributed by atoms with Gasteiger partial charge in [-0.15, -0.1) is 0 Å². The fourth-order valence-electron chi connectivity index (χ4n) is 3.36. The van der Waals surface area contributed by atoms with Crippen molar-refractivity contribution >= 4 is 17.7 Å². The zero-order valence-corrected chi connectivity index (χ0v) is 14.8. The van der Waals surface area contributed by atoms with E-state index in [-0.39, 0.29) is 12.2 Å². The Morgan fingerprint density at radius 1 is 1.39 bits per heavy atom. The summed E-state index contributed by atoms with van der Waals surface area (Å²) in [6.45, 7) is 6.58. The first-order valence-electron chi connectivity index (χ1n) is 8.77. The molecule has 3 fully saturated rings. The molecule has 3 atom stereocenters. The molecule has 0 aromatic heterocycles. The molecule has 3 heterocycles. The number of morpholine rings is 1. The van der Waals surface area contributed by atoms with Gasteiger partial charge in [0.1, 0.15) is 6.10 Å². The number of rotatable bonds is 4. The third-order valence-corrected chi connectivity index (χ3v) is 5.95. The van der Waals surface area contributed by atoms with Gasteiger partial charge in [-0.3, -0.25) is 4.99 Å². The van der Waals surface area contributed by atoms with Crippen molar-refractivity contribution in [1.82, 2.24) is 10.2 Å². The molecule has 0 aromatic rings. The molecule has 0 amide bonds. The summed E-state index contributed by atoms with van der Waals surface area (Å²) >= 11 is 1.81. The first kappa shape index (κ1) is 17.3. The summed E-state index contributed by atoms with van der Waals surface area (Å²) < 4.78 is 11.7. The van der Waals surface area contributed by atoms with Gasteiger partial charge in [0.2, 0.25) is 0 Å². The maximum Gasteiger partial charge on any atom is 0.194 e. The Balaban J connectivity index is 1.62. The molecule has 3 unspecified atom stereocenters. The zero-order valence-electron chi connectivity index (χ0n) is 14.0. The van der Waals surface area contributed by atoms with Crippen molar-refractivity contribution in [2.24, 2.45) is 4.99 Å². The minimum absolute atomic E-state index is 0.125. The van der Waals surface area contributed by atoms with E-state index in [4.69, 9.17) is 14.5 Å². The lowest BCUT2D eigenvalue weighted by atomic mass is 10.0. The van der Waals surface area contributed by atoms with Gasteiger partial charge < -0.3 is 24.8 Å². The van der Waals surface area contributed by atoms with Crippen molar-refractivity contribution in [2.75, 3.05) is 50.9 Å². The third-order valence-electron chi connectivity index (χ3n) is 4.71. The predicted octanol–water partition coefficient (Wildman–Crippen LogP) is 0.700. The number of nitrogens with one attached hydrogen (secondary N) is 1. The van der Waals surface area contributed by atoms with Crippen molar-refractivity contribution in [1.29, 1.82) is 0 Å². The first-order chi connectivity index (χ1) is 11.2. The molecule has 2 N–H and O–H groups in total. The van der Waals surface area contributed by atoms with Crippen LogP contribution in [0.5, 0.6) is 0 Å². The second kappa shape index (κ2) is 8.05. The maximum absolute atomic E-state index is 10.5. The second-order valence-corrected chi connectivity index (χ2v) is 7.71. The lowest BCUT2D eigenvalue weighted by Crippen LogP contribution is -2.53. The summed E-state index contributed by atoms with van der Waals surface area (Å²) in [7, 11) is 0. The van der Waals surface area contributed by atoms with E-state index in [0.29, 0.717) is 13.2 Å². The van der Waals surface area contributed by atoms with Gasteiger partial charge in [-0.25, -0.2) is 0 Å². The highest BCUT2D eigenvalue weighted by Gasteiger charge is 2.34. The van der Waals surface area contributed by atoms with Crippen LogP contribution in [-0.4, -0.2) is 84.7 Å². The van der Waals surface area contributed by atoms with Crippen LogP contribution in [0.15, 0.2) is 4.99 Å². The average molecular weight is 343 g/mol. The maximum atomic E-state index is 10.5. The molecule has 23 heavy (non-hydrogen) atoms. The smallest absolute Gasteiger partial charge is 0.194 e. The molecule has 3 aliphatic heterocycles. The lowest BCUT2D eigenvalue weighted by Gasteiger charge is -2.37. The Bertz CT molecular complexity index is 409. The van der Waals surface area contributed by atoms with E-state index < -0.39 is 5.60 Å². The van der Waals surface area contributed by atoms with Gasteiger partial charge in [0.15, 0.2) is 5.96 Å². The van der Waals surface area contributed by atoms with Crippen molar-refractivity contribution in [3.05, 3.63) is 0 Å². The molecule has 0 spiro atoms. The van der Waals surface area contributed by atoms with Crippen LogP contribution in [0.3, 0.4) is 0 Å². The number of guanidine groups is 1. The molecule has 3 saturated heterocycles. The number of hydrogen-bond acceptors (Lipinski definition) is 5. The van der Waals surface area contributed by atoms with Crippen LogP contribution in [-0.2, 0) is 9.47 Å². The highest BCUT2D eigenvalue weighted by atomic mass is 32.2. The number of aliphatic imine (C=N–C) groups is 1. The third kappa shape index (κ3) is 4.53. The minimum atomic E-state index is -0.633. The molecule has 0 saturated carbocycles. The molecule has 0 bridgehead atoms. The van der Waals surface area contributed by atoms with Gasteiger partial charge in [0.25, 0.3) is 0 Å². The minimum Gasteiger partial charge on any atom is -0.387 e. The zero-order chi connectivity index (χ0) is 16.1. The monoisotopic (exact) mass is 343 g/mol. The highest BCUT2D eigenvalue weighted by molar-refractivity contribution is 7.99. The van der Waals surface area contributed by atoms with Crippen LogP contribution in [0.4, 0.5) is 0 Å². The lowest BCUT2D eigenvalue weighted by molar-refractivity contribution is -0.0817. The average Bonchev–Trinajstić information content (AvgIpc) is 3.24. The van der Waals surface area contributed by atoms with Gasteiger partial charge in [0.05, 0.1) is 24.9 Å². The van der Waals surface area contributed by atoms with Crippen molar-refractivity contribution < 1.29 is 14.6 Å². The van der Waals surface area contributed by atoms with Crippen LogP contribution in [0.1, 0.15) is 26.2 Å². The van der Waals surface area contributed by atoms with Gasteiger partial charge in [-0.2, -0.15) is 11.8 Å². The van der Waals surface area contributed by atoms with Gasteiger partial charge in [-0.1, -0.05) is 0 Å². The molecular formula is C16H29N3O3S. The van der Waals surface area contributed by atoms with E-state index >= 15 is 0 Å². The fourth-order valence-corrected chi connectivity index (χ4v) is 4.64. The summed E-state index contributed by atoms with van der Waals surface area (Å²) in [6.07, 6.45) is 3.39. The topological polar surface area (TPSA) is 66.3 Å². The van der Waals surface area contributed by atoms with Crippen LogP contribution in [0.25, 0.3) is 0 Å². The highest BCUT2D eigenvalue weighted by Crippen LogP contribution is 2.28. The Labute approximate surface area is 143 Å². The van der Waals surface area contributed by atoms with Crippen LogP contribution < -0.4 is 5.32 Å². The fraction of sp³-hybridized carbons (Fsp3) is 0.938. The Hall–Kier alpha value is -0.500. The Morgan fingerprint density at radius 2 is 2.26 bits per heavy atom. The number of ether oxygens (including phenoxy) is 2. The Morgan fingerprint density at radius 3 is 2.96 bits per heavy atom. The van der Waals surface area contributed by atoms with Crippen molar-refractivity contribution in [3.8, 4) is 0 Å². The molecule has 132 valence electrons. The van der Waals surface area contributed by atoms with E-state index in [9.17, 15) is 5.11 Å². The standard InChI is InChI=1S/C16H29N3O3S/c1-2-17-15(18-11-16(20)5-9-23-12-16)19-6-8-22-14(10-19)13-4-3-7-21-13/h13-14,20H,2-12H2,1H3,(H,17,18). The van der Waals surface area contributed by atoms with Gasteiger partial charge in [-0.05, 0) is 31.9 Å². The molecule has 6 nitrogen and oxygen atoms in total. The van der Waals surface area contributed by atoms with Crippen LogP contribution >= 0.6 is 11.8 Å². The number of hydrogen-bond donors (Lipinski definition) is 2. The predicted molar refractivity (Wildman–Crippen MR) is 93.2 cm³/mol. The van der Waals surface area contributed by atoms with E-state index in [0.717, 1.165) is 63.0 Å². The van der Waals surface area contributed by atoms with E-state index in [1.807, 2.05) is 11.8 Å². The quantitative estimate of drug-likeness (QED) is 0.579. The van der Waals surface area contributed by atoms with E-state index in [2.05, 4.69) is 17.1 Å².